The number of thioether (sulfide) groups is 1. The average molecular weight is 439 g/mol. The van der Waals surface area contributed by atoms with E-state index in [1.54, 1.807) is 30.3 Å². The molecule has 0 aliphatic heterocycles. The third-order valence-electron chi connectivity index (χ3n) is 3.93. The van der Waals surface area contributed by atoms with E-state index in [2.05, 4.69) is 4.99 Å². The van der Waals surface area contributed by atoms with E-state index in [4.69, 9.17) is 0 Å². The molecule has 148 valence electrons. The quantitative estimate of drug-likeness (QED) is 0.548. The van der Waals surface area contributed by atoms with Gasteiger partial charge in [-0.1, -0.05) is 18.3 Å². The standard InChI is InChI=1S/C19H19FN2O3S3/c1-3-10-22-16-9-8-15(28(2,24)25)11-17(16)27-19(22)21-18(23)12-26-14-6-4-13(20)5-7-14/h4-9,11H,3,10,12H2,1-2H3. The zero-order valence-electron chi connectivity index (χ0n) is 15.4. The van der Waals surface area contributed by atoms with E-state index in [-0.39, 0.29) is 22.4 Å². The summed E-state index contributed by atoms with van der Waals surface area (Å²) in [5.74, 6) is -0.477. The zero-order chi connectivity index (χ0) is 20.3. The molecular weight excluding hydrogens is 419 g/mol. The van der Waals surface area contributed by atoms with Crippen molar-refractivity contribution in [3.05, 3.63) is 53.1 Å². The molecule has 1 aromatic heterocycles. The van der Waals surface area contributed by atoms with Crippen LogP contribution in [0.3, 0.4) is 0 Å². The summed E-state index contributed by atoms with van der Waals surface area (Å²) in [6.45, 7) is 2.70. The van der Waals surface area contributed by atoms with Crippen LogP contribution < -0.4 is 4.80 Å². The van der Waals surface area contributed by atoms with Crippen LogP contribution in [-0.4, -0.2) is 30.9 Å². The monoisotopic (exact) mass is 438 g/mol. The SMILES string of the molecule is CCCn1c(=NC(=O)CSc2ccc(F)cc2)sc2cc(S(C)(=O)=O)ccc21. The van der Waals surface area contributed by atoms with Crippen LogP contribution in [0.1, 0.15) is 13.3 Å². The van der Waals surface area contributed by atoms with Crippen molar-refractivity contribution < 1.29 is 17.6 Å². The summed E-state index contributed by atoms with van der Waals surface area (Å²) in [7, 11) is -3.31. The predicted octanol–water partition coefficient (Wildman–Crippen LogP) is 3.88. The van der Waals surface area contributed by atoms with E-state index in [1.807, 2.05) is 11.5 Å². The lowest BCUT2D eigenvalue weighted by molar-refractivity contribution is -0.115. The molecule has 3 rings (SSSR count). The minimum absolute atomic E-state index is 0.139. The number of halogens is 1. The Balaban J connectivity index is 1.92. The highest BCUT2D eigenvalue weighted by atomic mass is 32.2. The Morgan fingerprint density at radius 3 is 2.57 bits per heavy atom. The second kappa shape index (κ2) is 8.59. The summed E-state index contributed by atoms with van der Waals surface area (Å²) in [5, 5.41) is 0. The maximum absolute atomic E-state index is 13.0. The van der Waals surface area contributed by atoms with Crippen molar-refractivity contribution in [3.8, 4) is 0 Å². The molecule has 9 heteroatoms. The van der Waals surface area contributed by atoms with Crippen LogP contribution in [0, 0.1) is 5.82 Å². The molecule has 0 aliphatic rings. The Kier molecular flexibility index (Phi) is 6.36. The van der Waals surface area contributed by atoms with Gasteiger partial charge in [0.05, 0.1) is 20.9 Å². The molecule has 0 saturated carbocycles. The Morgan fingerprint density at radius 2 is 1.93 bits per heavy atom. The van der Waals surface area contributed by atoms with E-state index in [9.17, 15) is 17.6 Å². The highest BCUT2D eigenvalue weighted by Gasteiger charge is 2.12. The molecule has 0 unspecified atom stereocenters. The number of amides is 1. The van der Waals surface area contributed by atoms with Crippen molar-refractivity contribution in [2.45, 2.75) is 29.7 Å². The van der Waals surface area contributed by atoms with E-state index in [0.29, 0.717) is 11.3 Å². The largest absolute Gasteiger partial charge is 0.316 e. The van der Waals surface area contributed by atoms with Gasteiger partial charge in [-0.25, -0.2) is 12.8 Å². The second-order valence-electron chi connectivity index (χ2n) is 6.19. The number of thiazole rings is 1. The van der Waals surface area contributed by atoms with Crippen LogP contribution in [-0.2, 0) is 21.2 Å². The van der Waals surface area contributed by atoms with Gasteiger partial charge in [-0.15, -0.1) is 11.8 Å². The Labute approximate surface area is 170 Å². The van der Waals surface area contributed by atoms with Crippen LogP contribution in [0.15, 0.2) is 57.2 Å². The summed E-state index contributed by atoms with van der Waals surface area (Å²) in [6, 6.07) is 10.9. The van der Waals surface area contributed by atoms with Gasteiger partial charge in [-0.3, -0.25) is 4.79 Å². The van der Waals surface area contributed by atoms with Crippen molar-refractivity contribution in [2.75, 3.05) is 12.0 Å². The second-order valence-corrected chi connectivity index (χ2v) is 10.3. The smallest absolute Gasteiger partial charge is 0.258 e. The van der Waals surface area contributed by atoms with Crippen molar-refractivity contribution in [1.82, 2.24) is 4.57 Å². The van der Waals surface area contributed by atoms with E-state index >= 15 is 0 Å². The normalized spacial score (nSPS) is 12.6. The van der Waals surface area contributed by atoms with Gasteiger partial charge in [0.25, 0.3) is 5.91 Å². The number of benzene rings is 2. The minimum Gasteiger partial charge on any atom is -0.316 e. The summed E-state index contributed by atoms with van der Waals surface area (Å²) >= 11 is 2.59. The fourth-order valence-corrected chi connectivity index (χ4v) is 5.14. The number of aromatic nitrogens is 1. The number of fused-ring (bicyclic) bond motifs is 1. The van der Waals surface area contributed by atoms with Crippen LogP contribution in [0.25, 0.3) is 10.2 Å². The molecule has 0 N–H and O–H groups in total. The molecule has 0 aliphatic carbocycles. The highest BCUT2D eigenvalue weighted by Crippen LogP contribution is 2.22. The number of rotatable bonds is 6. The first kappa shape index (κ1) is 20.8. The number of carbonyl (C=O) groups excluding carboxylic acids is 1. The van der Waals surface area contributed by atoms with Gasteiger partial charge in [-0.2, -0.15) is 4.99 Å². The van der Waals surface area contributed by atoms with Gasteiger partial charge in [0, 0.05) is 17.7 Å². The first-order valence-corrected chi connectivity index (χ1v) is 12.3. The van der Waals surface area contributed by atoms with Gasteiger partial charge >= 0.3 is 0 Å². The molecule has 0 radical (unpaired) electrons. The van der Waals surface area contributed by atoms with Crippen LogP contribution in [0.4, 0.5) is 4.39 Å². The first-order valence-electron chi connectivity index (χ1n) is 8.57. The van der Waals surface area contributed by atoms with Gasteiger partial charge in [0.15, 0.2) is 14.6 Å². The van der Waals surface area contributed by atoms with Gasteiger partial charge in [-0.05, 0) is 48.9 Å². The zero-order valence-corrected chi connectivity index (χ0v) is 17.8. The van der Waals surface area contributed by atoms with E-state index in [1.165, 1.54) is 41.5 Å². The molecule has 3 aromatic rings. The van der Waals surface area contributed by atoms with Gasteiger partial charge in [0.1, 0.15) is 5.82 Å². The summed E-state index contributed by atoms with van der Waals surface area (Å²) < 4.78 is 39.3. The number of aryl methyl sites for hydroxylation is 1. The van der Waals surface area contributed by atoms with Crippen molar-refractivity contribution in [2.24, 2.45) is 4.99 Å². The van der Waals surface area contributed by atoms with E-state index < -0.39 is 9.84 Å². The van der Waals surface area contributed by atoms with Crippen molar-refractivity contribution in [1.29, 1.82) is 0 Å². The number of hydrogen-bond donors (Lipinski definition) is 0. The Hall–Kier alpha value is -1.97. The fraction of sp³-hybridized carbons (Fsp3) is 0.263. The van der Waals surface area contributed by atoms with Gasteiger partial charge < -0.3 is 4.57 Å². The van der Waals surface area contributed by atoms with Crippen molar-refractivity contribution >= 4 is 49.1 Å². The van der Waals surface area contributed by atoms with E-state index in [0.717, 1.165) is 21.5 Å². The minimum atomic E-state index is -3.31. The molecule has 1 amide bonds. The summed E-state index contributed by atoms with van der Waals surface area (Å²) in [5.41, 5.74) is 0.858. The fourth-order valence-electron chi connectivity index (χ4n) is 2.62. The summed E-state index contributed by atoms with van der Waals surface area (Å²) in [4.78, 5) is 18.2. The lowest BCUT2D eigenvalue weighted by Gasteiger charge is -2.03. The Morgan fingerprint density at radius 1 is 1.21 bits per heavy atom. The molecule has 2 aromatic carbocycles. The molecular formula is C19H19FN2O3S3. The number of carbonyl (C=O) groups is 1. The van der Waals surface area contributed by atoms with Gasteiger partial charge in [0.2, 0.25) is 0 Å². The number of sulfone groups is 1. The summed E-state index contributed by atoms with van der Waals surface area (Å²) in [6.07, 6.45) is 2.02. The molecule has 5 nitrogen and oxygen atoms in total. The lowest BCUT2D eigenvalue weighted by atomic mass is 10.3. The van der Waals surface area contributed by atoms with Crippen LogP contribution in [0.5, 0.6) is 0 Å². The third kappa shape index (κ3) is 4.89. The number of hydrogen-bond acceptors (Lipinski definition) is 5. The van der Waals surface area contributed by atoms with Crippen LogP contribution >= 0.6 is 23.1 Å². The molecule has 0 saturated heterocycles. The molecule has 0 fully saturated rings. The van der Waals surface area contributed by atoms with Crippen molar-refractivity contribution in [3.63, 3.8) is 0 Å². The molecule has 0 bridgehead atoms. The number of nitrogens with zero attached hydrogens (tertiary/aromatic N) is 2. The van der Waals surface area contributed by atoms with Crippen LogP contribution in [0.2, 0.25) is 0 Å². The highest BCUT2D eigenvalue weighted by molar-refractivity contribution is 8.00. The molecule has 28 heavy (non-hydrogen) atoms. The predicted molar refractivity (Wildman–Crippen MR) is 111 cm³/mol. The Bertz CT molecular complexity index is 1180. The maximum Gasteiger partial charge on any atom is 0.258 e. The average Bonchev–Trinajstić information content (AvgIpc) is 2.97. The molecule has 0 atom stereocenters. The lowest BCUT2D eigenvalue weighted by Crippen LogP contribution is -2.17. The topological polar surface area (TPSA) is 68.5 Å². The molecule has 1 heterocycles. The third-order valence-corrected chi connectivity index (χ3v) is 7.07. The maximum atomic E-state index is 13.0. The first-order chi connectivity index (χ1) is 13.3. The molecule has 0 spiro atoms.